The van der Waals surface area contributed by atoms with Gasteiger partial charge in [-0.1, -0.05) is 18.2 Å². The Bertz CT molecular complexity index is 1040. The zero-order valence-electron chi connectivity index (χ0n) is 16.1. The van der Waals surface area contributed by atoms with Crippen LogP contribution in [0.1, 0.15) is 24.5 Å². The first-order valence-electron chi connectivity index (χ1n) is 9.54. The third-order valence-electron chi connectivity index (χ3n) is 5.13. The van der Waals surface area contributed by atoms with E-state index in [-0.39, 0.29) is 17.7 Å². The second kappa shape index (κ2) is 7.86. The number of carbonyl (C=O) groups is 2. The molecule has 2 heterocycles. The molecular weight excluding hydrogens is 366 g/mol. The summed E-state index contributed by atoms with van der Waals surface area (Å²) in [6.07, 6.45) is 0.720. The lowest BCUT2D eigenvalue weighted by molar-refractivity contribution is -0.120. The molecule has 2 aromatic carbocycles. The number of carbonyl (C=O) groups excluding carboxylic acids is 2. The van der Waals surface area contributed by atoms with E-state index in [0.29, 0.717) is 30.0 Å². The summed E-state index contributed by atoms with van der Waals surface area (Å²) in [4.78, 5) is 26.4. The molecular formula is C22H21N5O2. The quantitative estimate of drug-likeness (QED) is 0.874. The maximum atomic E-state index is 12.9. The highest BCUT2D eigenvalue weighted by Crippen LogP contribution is 2.30. The Labute approximate surface area is 169 Å². The molecule has 1 fully saturated rings. The summed E-state index contributed by atoms with van der Waals surface area (Å²) in [5.41, 5.74) is 3.87. The van der Waals surface area contributed by atoms with Crippen LogP contribution in [0.25, 0.3) is 0 Å². The molecule has 1 N–H and O–H groups in total. The first-order chi connectivity index (χ1) is 14.0. The molecule has 4 rings (SSSR count). The molecule has 1 saturated heterocycles. The third-order valence-corrected chi connectivity index (χ3v) is 5.13. The number of hydrogen-bond acceptors (Lipinski definition) is 5. The molecule has 0 saturated carbocycles. The molecule has 1 unspecified atom stereocenters. The molecule has 0 aliphatic carbocycles. The van der Waals surface area contributed by atoms with E-state index in [1.807, 2.05) is 24.3 Å². The Morgan fingerprint density at radius 3 is 2.90 bits per heavy atom. The summed E-state index contributed by atoms with van der Waals surface area (Å²) < 4.78 is 0. The van der Waals surface area contributed by atoms with Gasteiger partial charge in [-0.15, -0.1) is 0 Å². The van der Waals surface area contributed by atoms with E-state index in [4.69, 9.17) is 5.26 Å². The van der Waals surface area contributed by atoms with Gasteiger partial charge in [-0.2, -0.15) is 10.4 Å². The van der Waals surface area contributed by atoms with E-state index in [1.165, 1.54) is 11.9 Å². The van der Waals surface area contributed by atoms with Crippen LogP contribution in [0, 0.1) is 17.2 Å². The SMILES string of the molecule is CC(=O)Nc1cccc(N2N=C3CN(Cc4cccc(C#N)c4)CCC3C2=O)c1. The van der Waals surface area contributed by atoms with E-state index in [1.54, 1.807) is 24.3 Å². The summed E-state index contributed by atoms with van der Waals surface area (Å²) in [6.45, 7) is 3.58. The van der Waals surface area contributed by atoms with Crippen LogP contribution in [0.4, 0.5) is 11.4 Å². The minimum absolute atomic E-state index is 0.0221. The van der Waals surface area contributed by atoms with Crippen molar-refractivity contribution in [2.45, 2.75) is 19.9 Å². The van der Waals surface area contributed by atoms with E-state index >= 15 is 0 Å². The van der Waals surface area contributed by atoms with Gasteiger partial charge in [-0.05, 0) is 42.3 Å². The van der Waals surface area contributed by atoms with Crippen molar-refractivity contribution in [3.05, 3.63) is 59.7 Å². The summed E-state index contributed by atoms with van der Waals surface area (Å²) in [6, 6.07) is 16.9. The van der Waals surface area contributed by atoms with Crippen LogP contribution in [0.15, 0.2) is 53.6 Å². The lowest BCUT2D eigenvalue weighted by atomic mass is 9.94. The molecule has 2 aromatic rings. The van der Waals surface area contributed by atoms with Gasteiger partial charge in [-0.25, -0.2) is 5.01 Å². The van der Waals surface area contributed by atoms with Gasteiger partial charge in [0.25, 0.3) is 5.91 Å². The predicted octanol–water partition coefficient (Wildman–Crippen LogP) is 2.74. The van der Waals surface area contributed by atoms with Crippen LogP contribution >= 0.6 is 0 Å². The first kappa shape index (κ1) is 18.8. The Kier molecular flexibility index (Phi) is 5.10. The fourth-order valence-electron chi connectivity index (χ4n) is 3.83. The van der Waals surface area contributed by atoms with Gasteiger partial charge < -0.3 is 5.32 Å². The third kappa shape index (κ3) is 4.03. The molecule has 146 valence electrons. The zero-order chi connectivity index (χ0) is 20.4. The van der Waals surface area contributed by atoms with Gasteiger partial charge in [0, 0.05) is 32.2 Å². The fourth-order valence-corrected chi connectivity index (χ4v) is 3.83. The van der Waals surface area contributed by atoms with Crippen LogP contribution in [-0.2, 0) is 16.1 Å². The van der Waals surface area contributed by atoms with Crippen molar-refractivity contribution in [2.24, 2.45) is 11.0 Å². The summed E-state index contributed by atoms with van der Waals surface area (Å²) in [5.74, 6) is -0.377. The molecule has 2 amide bonds. The number of hydrazone groups is 1. The maximum absolute atomic E-state index is 12.9. The largest absolute Gasteiger partial charge is 0.326 e. The standard InChI is InChI=1S/C22H21N5O2/c1-15(28)24-18-6-3-7-19(11-18)27-22(29)20-8-9-26(14-21(20)25-27)13-17-5-2-4-16(10-17)12-23/h2-7,10-11,20H,8-9,13-14H2,1H3,(H,24,28). The number of rotatable bonds is 4. The number of nitrogens with zero attached hydrogens (tertiary/aromatic N) is 4. The highest BCUT2D eigenvalue weighted by Gasteiger charge is 2.39. The van der Waals surface area contributed by atoms with Crippen LogP contribution in [0.2, 0.25) is 0 Å². The van der Waals surface area contributed by atoms with E-state index in [9.17, 15) is 9.59 Å². The van der Waals surface area contributed by atoms with Gasteiger partial charge in [0.1, 0.15) is 0 Å². The fraction of sp³-hybridized carbons (Fsp3) is 0.273. The van der Waals surface area contributed by atoms with Gasteiger partial charge in [0.2, 0.25) is 5.91 Å². The summed E-state index contributed by atoms with van der Waals surface area (Å²) in [5, 5.41) is 17.9. The molecule has 29 heavy (non-hydrogen) atoms. The van der Waals surface area contributed by atoms with Gasteiger partial charge in [-0.3, -0.25) is 14.5 Å². The second-order valence-electron chi connectivity index (χ2n) is 7.34. The molecule has 1 atom stereocenters. The zero-order valence-corrected chi connectivity index (χ0v) is 16.1. The number of anilines is 2. The maximum Gasteiger partial charge on any atom is 0.256 e. The molecule has 2 aliphatic rings. The van der Waals surface area contributed by atoms with Gasteiger partial charge in [0.05, 0.1) is 28.9 Å². The number of amides is 2. The monoisotopic (exact) mass is 387 g/mol. The minimum atomic E-state index is -0.193. The number of nitrogens with one attached hydrogen (secondary N) is 1. The number of hydrogen-bond donors (Lipinski definition) is 1. The van der Waals surface area contributed by atoms with E-state index in [0.717, 1.165) is 24.2 Å². The number of nitriles is 1. The Balaban J connectivity index is 1.50. The number of piperidine rings is 1. The first-order valence-corrected chi connectivity index (χ1v) is 9.54. The molecule has 2 aliphatic heterocycles. The molecule has 7 nitrogen and oxygen atoms in total. The Morgan fingerprint density at radius 1 is 1.28 bits per heavy atom. The van der Waals surface area contributed by atoms with E-state index in [2.05, 4.69) is 21.4 Å². The van der Waals surface area contributed by atoms with Crippen LogP contribution in [0.5, 0.6) is 0 Å². The molecule has 0 spiro atoms. The van der Waals surface area contributed by atoms with Crippen molar-refractivity contribution in [2.75, 3.05) is 23.4 Å². The van der Waals surface area contributed by atoms with Crippen molar-refractivity contribution in [1.29, 1.82) is 5.26 Å². The average molecular weight is 387 g/mol. The van der Waals surface area contributed by atoms with Crippen LogP contribution < -0.4 is 10.3 Å². The van der Waals surface area contributed by atoms with Gasteiger partial charge >= 0.3 is 0 Å². The van der Waals surface area contributed by atoms with Crippen molar-refractivity contribution in [3.8, 4) is 6.07 Å². The number of benzene rings is 2. The Hall–Kier alpha value is -3.50. The topological polar surface area (TPSA) is 88.8 Å². The molecule has 0 bridgehead atoms. The normalized spacial score (nSPS) is 18.8. The van der Waals surface area contributed by atoms with Crippen molar-refractivity contribution in [3.63, 3.8) is 0 Å². The van der Waals surface area contributed by atoms with Gasteiger partial charge in [0.15, 0.2) is 0 Å². The molecule has 7 heteroatoms. The average Bonchev–Trinajstić information content (AvgIpc) is 3.04. The lowest BCUT2D eigenvalue weighted by Gasteiger charge is -2.29. The smallest absolute Gasteiger partial charge is 0.256 e. The lowest BCUT2D eigenvalue weighted by Crippen LogP contribution is -2.41. The second-order valence-corrected chi connectivity index (χ2v) is 7.34. The summed E-state index contributed by atoms with van der Waals surface area (Å²) >= 11 is 0. The van der Waals surface area contributed by atoms with Crippen LogP contribution in [-0.4, -0.2) is 35.5 Å². The molecule has 0 radical (unpaired) electrons. The van der Waals surface area contributed by atoms with E-state index < -0.39 is 0 Å². The van der Waals surface area contributed by atoms with Crippen molar-refractivity contribution >= 4 is 28.9 Å². The van der Waals surface area contributed by atoms with Crippen molar-refractivity contribution in [1.82, 2.24) is 4.90 Å². The highest BCUT2D eigenvalue weighted by molar-refractivity contribution is 6.16. The van der Waals surface area contributed by atoms with Crippen molar-refractivity contribution < 1.29 is 9.59 Å². The number of likely N-dealkylation sites (tertiary alicyclic amines) is 1. The highest BCUT2D eigenvalue weighted by atomic mass is 16.2. The minimum Gasteiger partial charge on any atom is -0.326 e. The predicted molar refractivity (Wildman–Crippen MR) is 110 cm³/mol. The van der Waals surface area contributed by atoms with Crippen LogP contribution in [0.3, 0.4) is 0 Å². The number of fused-ring (bicyclic) bond motifs is 1. The Morgan fingerprint density at radius 2 is 2.10 bits per heavy atom. The summed E-state index contributed by atoms with van der Waals surface area (Å²) in [7, 11) is 0. The molecule has 0 aromatic heterocycles.